The number of carbonyl (C=O) groups excluding carboxylic acids is 4. The number of H-pyrrole nitrogens is 1. The van der Waals surface area contributed by atoms with Crippen LogP contribution in [0.25, 0.3) is 10.8 Å². The first kappa shape index (κ1) is 44.8. The van der Waals surface area contributed by atoms with Crippen molar-refractivity contribution in [3.63, 3.8) is 0 Å². The van der Waals surface area contributed by atoms with Crippen LogP contribution in [0.2, 0.25) is 0 Å². The number of aromatic amines is 1. The Labute approximate surface area is 334 Å². The first-order valence-electron chi connectivity index (χ1n) is 19.6. The predicted octanol–water partition coefficient (Wildman–Crippen LogP) is 3.34. The van der Waals surface area contributed by atoms with Crippen LogP contribution in [-0.4, -0.2) is 84.9 Å². The average molecular weight is 786 g/mol. The highest BCUT2D eigenvalue weighted by Gasteiger charge is 2.69. The van der Waals surface area contributed by atoms with Gasteiger partial charge in [-0.05, 0) is 54.2 Å². The van der Waals surface area contributed by atoms with Gasteiger partial charge in [-0.1, -0.05) is 90.4 Å². The molecule has 2 aromatic carbocycles. The van der Waals surface area contributed by atoms with Crippen molar-refractivity contribution in [1.29, 1.82) is 0 Å². The Hall–Kier alpha value is -4.86. The lowest BCUT2D eigenvalue weighted by molar-refractivity contribution is -0.197. The molecule has 0 bridgehead atoms. The minimum atomic E-state index is -3.26. The number of fused-ring (bicyclic) bond motifs is 1. The quantitative estimate of drug-likeness (QED) is 0.0567. The van der Waals surface area contributed by atoms with Gasteiger partial charge in [-0.25, -0.2) is 4.98 Å². The summed E-state index contributed by atoms with van der Waals surface area (Å²) in [5, 5.41) is 29.8. The van der Waals surface area contributed by atoms with Gasteiger partial charge in [0, 0.05) is 35.9 Å². The second kappa shape index (κ2) is 19.5. The van der Waals surface area contributed by atoms with Gasteiger partial charge in [0.05, 0.1) is 24.1 Å². The smallest absolute Gasteiger partial charge is 0.238 e. The number of aliphatic hydroxyl groups excluding tert-OH is 1. The number of rotatable bonds is 22. The number of Topliss-reactive ketones (excluding diaryl/α,β-unsaturated/α-hetero) is 3. The van der Waals surface area contributed by atoms with Crippen molar-refractivity contribution in [1.82, 2.24) is 20.3 Å². The minimum Gasteiger partial charge on any atom is -0.485 e. The molecule has 2 heterocycles. The van der Waals surface area contributed by atoms with Gasteiger partial charge in [0.25, 0.3) is 0 Å². The number of ether oxygens (including phenoxy) is 1. The molecule has 14 heteroatoms. The third-order valence-corrected chi connectivity index (χ3v) is 10.7. The van der Waals surface area contributed by atoms with E-state index in [4.69, 9.17) is 21.9 Å². The van der Waals surface area contributed by atoms with Gasteiger partial charge in [0.2, 0.25) is 11.7 Å². The van der Waals surface area contributed by atoms with Crippen LogP contribution in [0.1, 0.15) is 78.2 Å². The summed E-state index contributed by atoms with van der Waals surface area (Å²) < 4.78 is 6.07. The molecule has 0 aliphatic carbocycles. The highest BCUT2D eigenvalue weighted by molar-refractivity contribution is 6.15. The summed E-state index contributed by atoms with van der Waals surface area (Å²) >= 11 is 0. The number of hydrogen-bond acceptors (Lipinski definition) is 12. The molecule has 2 aromatic heterocycles. The molecule has 4 rings (SSSR count). The molecule has 0 saturated carbocycles. The molecule has 0 aliphatic rings. The van der Waals surface area contributed by atoms with E-state index in [-0.39, 0.29) is 36.1 Å². The van der Waals surface area contributed by atoms with E-state index in [1.807, 2.05) is 39.0 Å². The number of nitrogens with one attached hydrogen (secondary N) is 2. The highest BCUT2D eigenvalue weighted by Crippen LogP contribution is 2.45. The Morgan fingerprint density at radius 3 is 2.23 bits per heavy atom. The van der Waals surface area contributed by atoms with Crippen LogP contribution >= 0.6 is 0 Å². The number of ketones is 3. The molecule has 1 amide bonds. The summed E-state index contributed by atoms with van der Waals surface area (Å²) in [4.78, 5) is 71.4. The molecule has 0 fully saturated rings. The van der Waals surface area contributed by atoms with Crippen LogP contribution in [0.5, 0.6) is 5.75 Å². The lowest BCUT2D eigenvalue weighted by Gasteiger charge is -2.49. The van der Waals surface area contributed by atoms with Crippen molar-refractivity contribution in [3.05, 3.63) is 90.8 Å². The standard InChI is InChI=1S/C43H59N7O7/c1-7-27(6)36(46)38(52)37(33-16-10-11-18-48-33)50-41(55)42(21-26(4)5,39(53)32(45)20-29-22-47-24-49-29)43(56,40(54)31(44)19-25(2)3)35(51)23-57-34-17-12-14-28-13-8-9-15-30(28)34/h8-18,22,24-27,31-32,36-37,40,54,56H,7,19-21,23,44-46H2,1-6H3,(H,47,49)(H,50,55)/t27-,31-,32-,36-,37?,40+,42-,43+/m0/s1. The van der Waals surface area contributed by atoms with Crippen molar-refractivity contribution in [2.45, 2.75) is 103 Å². The summed E-state index contributed by atoms with van der Waals surface area (Å²) in [6.45, 7) is 9.82. The van der Waals surface area contributed by atoms with Crippen LogP contribution in [0.3, 0.4) is 0 Å². The van der Waals surface area contributed by atoms with E-state index in [1.54, 1.807) is 57.2 Å². The summed E-state index contributed by atoms with van der Waals surface area (Å²) in [6.07, 6.45) is 2.02. The van der Waals surface area contributed by atoms with Crippen molar-refractivity contribution >= 4 is 34.0 Å². The molecule has 0 spiro atoms. The van der Waals surface area contributed by atoms with Crippen molar-refractivity contribution in [3.8, 4) is 5.75 Å². The van der Waals surface area contributed by atoms with Gasteiger partial charge in [0.15, 0.2) is 17.2 Å². The topological polar surface area (TPSA) is 250 Å². The monoisotopic (exact) mass is 785 g/mol. The van der Waals surface area contributed by atoms with E-state index < -0.39 is 83.5 Å². The number of hydrogen-bond donors (Lipinski definition) is 7. The molecular weight excluding hydrogens is 727 g/mol. The summed E-state index contributed by atoms with van der Waals surface area (Å²) in [7, 11) is 0. The maximum absolute atomic E-state index is 15.5. The number of aromatic nitrogens is 3. The number of carbonyl (C=O) groups is 4. The van der Waals surface area contributed by atoms with E-state index in [9.17, 15) is 15.0 Å². The van der Waals surface area contributed by atoms with E-state index >= 15 is 14.4 Å². The van der Waals surface area contributed by atoms with Gasteiger partial charge in [-0.15, -0.1) is 0 Å². The second-order valence-electron chi connectivity index (χ2n) is 15.9. The maximum atomic E-state index is 15.5. The predicted molar refractivity (Wildman–Crippen MR) is 218 cm³/mol. The summed E-state index contributed by atoms with van der Waals surface area (Å²) in [5.74, 6) is -4.88. The zero-order valence-electron chi connectivity index (χ0n) is 33.7. The zero-order valence-corrected chi connectivity index (χ0v) is 33.7. The van der Waals surface area contributed by atoms with E-state index in [0.717, 1.165) is 5.39 Å². The Bertz CT molecular complexity index is 1950. The number of imidazole rings is 1. The molecule has 1 unspecified atom stereocenters. The molecular formula is C43H59N7O7. The number of amides is 1. The largest absolute Gasteiger partial charge is 0.485 e. The minimum absolute atomic E-state index is 0.0908. The molecule has 4 aromatic rings. The van der Waals surface area contributed by atoms with E-state index in [2.05, 4.69) is 20.3 Å². The lowest BCUT2D eigenvalue weighted by atomic mass is 9.57. The first-order valence-corrected chi connectivity index (χ1v) is 19.6. The normalized spacial score (nSPS) is 17.1. The number of pyridine rings is 1. The fourth-order valence-electron chi connectivity index (χ4n) is 7.51. The average Bonchev–Trinajstić information content (AvgIpc) is 3.72. The fourth-order valence-corrected chi connectivity index (χ4v) is 7.51. The van der Waals surface area contributed by atoms with Gasteiger partial charge >= 0.3 is 0 Å². The number of nitrogens with two attached hydrogens (primary N) is 3. The van der Waals surface area contributed by atoms with Crippen LogP contribution in [0.4, 0.5) is 0 Å². The third-order valence-electron chi connectivity index (χ3n) is 10.7. The second-order valence-corrected chi connectivity index (χ2v) is 15.9. The van der Waals surface area contributed by atoms with Crippen LogP contribution < -0.4 is 27.3 Å². The Morgan fingerprint density at radius 2 is 1.61 bits per heavy atom. The molecule has 0 aliphatic heterocycles. The van der Waals surface area contributed by atoms with Crippen LogP contribution in [0, 0.1) is 23.2 Å². The van der Waals surface area contributed by atoms with Gasteiger partial charge in [-0.2, -0.15) is 0 Å². The number of aliphatic hydroxyl groups is 2. The van der Waals surface area contributed by atoms with E-state index in [1.165, 1.54) is 24.8 Å². The first-order chi connectivity index (χ1) is 27.0. The molecule has 10 N–H and O–H groups in total. The Balaban J connectivity index is 1.99. The third kappa shape index (κ3) is 9.82. The van der Waals surface area contributed by atoms with Gasteiger partial charge in [-0.3, -0.25) is 24.2 Å². The zero-order chi connectivity index (χ0) is 42.1. The molecule has 0 radical (unpaired) electrons. The van der Waals surface area contributed by atoms with Crippen LogP contribution in [-0.2, 0) is 25.6 Å². The number of nitrogens with zero attached hydrogens (tertiary/aromatic N) is 2. The molecule has 57 heavy (non-hydrogen) atoms. The maximum Gasteiger partial charge on any atom is 0.238 e. The molecule has 8 atom stereocenters. The van der Waals surface area contributed by atoms with Gasteiger partial charge < -0.3 is 42.5 Å². The fraction of sp³-hybridized carbons (Fsp3) is 0.488. The molecule has 14 nitrogen and oxygen atoms in total. The van der Waals surface area contributed by atoms with Gasteiger partial charge in [0.1, 0.15) is 29.9 Å². The summed E-state index contributed by atoms with van der Waals surface area (Å²) in [5.41, 5.74) is 14.1. The van der Waals surface area contributed by atoms with Crippen LogP contribution in [0.15, 0.2) is 79.4 Å². The molecule has 0 saturated heterocycles. The Morgan fingerprint density at radius 1 is 0.930 bits per heavy atom. The van der Waals surface area contributed by atoms with Crippen molar-refractivity contribution in [2.75, 3.05) is 6.61 Å². The molecule has 308 valence electrons. The Kier molecular flexibility index (Phi) is 15.4. The van der Waals surface area contributed by atoms with Crippen molar-refractivity contribution < 1.29 is 34.1 Å². The number of benzene rings is 2. The highest BCUT2D eigenvalue weighted by atomic mass is 16.5. The van der Waals surface area contributed by atoms with E-state index in [0.29, 0.717) is 17.5 Å². The SMILES string of the molecule is CC[C@H](C)[C@H](N)C(=O)C(NC(=O)[C@](CC(C)C)(C(=O)[C@@H](N)Cc1cnc[nH]1)[C@@](O)(C(=O)COc1cccc2ccccc12)[C@H](O)[C@@H](N)CC(C)C)c1ccccn1. The van der Waals surface area contributed by atoms with Crippen molar-refractivity contribution in [2.24, 2.45) is 40.4 Å². The summed E-state index contributed by atoms with van der Waals surface area (Å²) in [6, 6.07) is 11.8. The lowest BCUT2D eigenvalue weighted by Crippen LogP contribution is -2.75.